The number of furan rings is 1. The molecular formula is C19H24N2O3. The van der Waals surface area contributed by atoms with Crippen LogP contribution in [0.2, 0.25) is 0 Å². The quantitative estimate of drug-likeness (QED) is 0.849. The molecule has 24 heavy (non-hydrogen) atoms. The van der Waals surface area contributed by atoms with E-state index >= 15 is 0 Å². The molecule has 1 aromatic heterocycles. The van der Waals surface area contributed by atoms with Gasteiger partial charge in [0, 0.05) is 6.54 Å². The summed E-state index contributed by atoms with van der Waals surface area (Å²) in [5, 5.41) is 2.96. The van der Waals surface area contributed by atoms with Crippen molar-refractivity contribution in [2.75, 3.05) is 19.7 Å². The smallest absolute Gasteiger partial charge is 0.237 e. The fourth-order valence-electron chi connectivity index (χ4n) is 3.01. The molecule has 5 nitrogen and oxygen atoms in total. The lowest BCUT2D eigenvalue weighted by Gasteiger charge is -2.23. The molecule has 5 heteroatoms. The fraction of sp³-hybridized carbons (Fsp3) is 0.421. The Morgan fingerprint density at radius 3 is 2.92 bits per heavy atom. The average molecular weight is 328 g/mol. The van der Waals surface area contributed by atoms with E-state index in [4.69, 9.17) is 9.15 Å². The highest BCUT2D eigenvalue weighted by Gasteiger charge is 2.30. The van der Waals surface area contributed by atoms with Gasteiger partial charge in [0.05, 0.1) is 18.8 Å². The molecular weight excluding hydrogens is 304 g/mol. The van der Waals surface area contributed by atoms with E-state index in [-0.39, 0.29) is 11.9 Å². The molecule has 0 saturated carbocycles. The molecule has 1 atom stereocenters. The molecule has 1 fully saturated rings. The second-order valence-electron chi connectivity index (χ2n) is 6.15. The Hall–Kier alpha value is -2.27. The highest BCUT2D eigenvalue weighted by Crippen LogP contribution is 2.18. The van der Waals surface area contributed by atoms with Gasteiger partial charge in [0.25, 0.3) is 0 Å². The number of rotatable bonds is 7. The molecule has 0 unspecified atom stereocenters. The molecule has 2 aromatic rings. The van der Waals surface area contributed by atoms with E-state index in [1.807, 2.05) is 36.4 Å². The van der Waals surface area contributed by atoms with Crippen LogP contribution in [0.5, 0.6) is 5.75 Å². The molecule has 1 saturated heterocycles. The Bertz CT molecular complexity index is 637. The summed E-state index contributed by atoms with van der Waals surface area (Å²) in [5.41, 5.74) is 1.22. The normalized spacial score (nSPS) is 17.8. The van der Waals surface area contributed by atoms with Crippen molar-refractivity contribution in [3.05, 3.63) is 54.0 Å². The van der Waals surface area contributed by atoms with Crippen molar-refractivity contribution in [2.24, 2.45) is 0 Å². The molecule has 0 radical (unpaired) electrons. The first kappa shape index (κ1) is 16.6. The minimum Gasteiger partial charge on any atom is -0.492 e. The van der Waals surface area contributed by atoms with Crippen LogP contribution in [0, 0.1) is 6.92 Å². The van der Waals surface area contributed by atoms with Gasteiger partial charge in [0.1, 0.15) is 18.1 Å². The van der Waals surface area contributed by atoms with E-state index in [1.165, 1.54) is 5.56 Å². The second-order valence-corrected chi connectivity index (χ2v) is 6.15. The number of likely N-dealkylation sites (tertiary alicyclic amines) is 1. The summed E-state index contributed by atoms with van der Waals surface area (Å²) in [6.45, 7) is 4.78. The third-order valence-electron chi connectivity index (χ3n) is 4.35. The van der Waals surface area contributed by atoms with Crippen LogP contribution >= 0.6 is 0 Å². The summed E-state index contributed by atoms with van der Waals surface area (Å²) < 4.78 is 11.0. The van der Waals surface area contributed by atoms with Crippen LogP contribution in [0.15, 0.2) is 47.1 Å². The summed E-state index contributed by atoms with van der Waals surface area (Å²) >= 11 is 0. The average Bonchev–Trinajstić information content (AvgIpc) is 3.26. The third-order valence-corrected chi connectivity index (χ3v) is 4.35. The number of hydrogen-bond acceptors (Lipinski definition) is 4. The van der Waals surface area contributed by atoms with E-state index in [0.717, 1.165) is 37.4 Å². The van der Waals surface area contributed by atoms with Crippen molar-refractivity contribution in [3.63, 3.8) is 0 Å². The standard InChI is InChI=1S/C19H24N2O3/c1-15-6-8-16(9-7-15)24-13-11-21-10-2-5-18(21)19(22)20-14-17-4-3-12-23-17/h3-4,6-9,12,18H,2,5,10-11,13-14H2,1H3,(H,20,22)/t18-/m0/s1. The maximum absolute atomic E-state index is 12.4. The summed E-state index contributed by atoms with van der Waals surface area (Å²) in [6.07, 6.45) is 3.56. The maximum Gasteiger partial charge on any atom is 0.237 e. The van der Waals surface area contributed by atoms with Gasteiger partial charge >= 0.3 is 0 Å². The van der Waals surface area contributed by atoms with Crippen molar-refractivity contribution in [3.8, 4) is 5.75 Å². The summed E-state index contributed by atoms with van der Waals surface area (Å²) in [6, 6.07) is 11.7. The van der Waals surface area contributed by atoms with E-state index in [1.54, 1.807) is 6.26 Å². The number of hydrogen-bond donors (Lipinski definition) is 1. The van der Waals surface area contributed by atoms with Crippen molar-refractivity contribution < 1.29 is 13.9 Å². The number of carbonyl (C=O) groups is 1. The Balaban J connectivity index is 1.44. The molecule has 1 aliphatic rings. The topological polar surface area (TPSA) is 54.7 Å². The zero-order valence-corrected chi connectivity index (χ0v) is 14.0. The monoisotopic (exact) mass is 328 g/mol. The molecule has 0 aliphatic carbocycles. The first-order valence-corrected chi connectivity index (χ1v) is 8.46. The summed E-state index contributed by atoms with van der Waals surface area (Å²) in [4.78, 5) is 14.6. The van der Waals surface area contributed by atoms with Crippen LogP contribution in [0.1, 0.15) is 24.2 Å². The van der Waals surface area contributed by atoms with Crippen molar-refractivity contribution in [1.29, 1.82) is 0 Å². The minimum atomic E-state index is -0.0680. The highest BCUT2D eigenvalue weighted by atomic mass is 16.5. The molecule has 2 heterocycles. The number of nitrogens with zero attached hydrogens (tertiary/aromatic N) is 1. The number of benzene rings is 1. The lowest BCUT2D eigenvalue weighted by Crippen LogP contribution is -2.44. The Labute approximate surface area is 142 Å². The maximum atomic E-state index is 12.4. The molecule has 0 spiro atoms. The number of amides is 1. The lowest BCUT2D eigenvalue weighted by atomic mass is 10.2. The zero-order valence-electron chi connectivity index (χ0n) is 14.0. The predicted molar refractivity (Wildman–Crippen MR) is 91.8 cm³/mol. The van der Waals surface area contributed by atoms with Gasteiger partial charge in [0.2, 0.25) is 5.91 Å². The van der Waals surface area contributed by atoms with Crippen molar-refractivity contribution in [2.45, 2.75) is 32.4 Å². The van der Waals surface area contributed by atoms with Crippen molar-refractivity contribution in [1.82, 2.24) is 10.2 Å². The largest absolute Gasteiger partial charge is 0.492 e. The van der Waals surface area contributed by atoms with Crippen LogP contribution in [-0.4, -0.2) is 36.5 Å². The summed E-state index contributed by atoms with van der Waals surface area (Å²) in [5.74, 6) is 1.72. The van der Waals surface area contributed by atoms with Gasteiger partial charge in [-0.3, -0.25) is 9.69 Å². The SMILES string of the molecule is Cc1ccc(OCCN2CCC[C@H]2C(=O)NCc2ccco2)cc1. The minimum absolute atomic E-state index is 0.0680. The summed E-state index contributed by atoms with van der Waals surface area (Å²) in [7, 11) is 0. The molecule has 1 aromatic carbocycles. The van der Waals surface area contributed by atoms with Crippen molar-refractivity contribution >= 4 is 5.91 Å². The van der Waals surface area contributed by atoms with Crippen LogP contribution < -0.4 is 10.1 Å². The molecule has 1 N–H and O–H groups in total. The molecule has 1 aliphatic heterocycles. The van der Waals surface area contributed by atoms with E-state index in [0.29, 0.717) is 13.2 Å². The first-order chi connectivity index (χ1) is 11.7. The van der Waals surface area contributed by atoms with Gasteiger partial charge in [-0.05, 0) is 50.6 Å². The highest BCUT2D eigenvalue weighted by molar-refractivity contribution is 5.81. The van der Waals surface area contributed by atoms with Gasteiger partial charge in [-0.15, -0.1) is 0 Å². The van der Waals surface area contributed by atoms with Crippen LogP contribution in [0.25, 0.3) is 0 Å². The number of ether oxygens (including phenoxy) is 1. The van der Waals surface area contributed by atoms with Gasteiger partial charge in [-0.25, -0.2) is 0 Å². The van der Waals surface area contributed by atoms with E-state index in [2.05, 4.69) is 17.1 Å². The second kappa shape index (κ2) is 8.02. The number of aryl methyl sites for hydroxylation is 1. The Morgan fingerprint density at radius 2 is 2.17 bits per heavy atom. The number of nitrogens with one attached hydrogen (secondary N) is 1. The zero-order chi connectivity index (χ0) is 16.8. The number of carbonyl (C=O) groups excluding carboxylic acids is 1. The Kier molecular flexibility index (Phi) is 5.54. The van der Waals surface area contributed by atoms with E-state index in [9.17, 15) is 4.79 Å². The Morgan fingerprint density at radius 1 is 1.33 bits per heavy atom. The fourth-order valence-corrected chi connectivity index (χ4v) is 3.01. The molecule has 128 valence electrons. The molecule has 3 rings (SSSR count). The predicted octanol–water partition coefficient (Wildman–Crippen LogP) is 2.75. The third kappa shape index (κ3) is 4.38. The van der Waals surface area contributed by atoms with Gasteiger partial charge in [-0.2, -0.15) is 0 Å². The lowest BCUT2D eigenvalue weighted by molar-refractivity contribution is -0.125. The molecule has 1 amide bonds. The van der Waals surface area contributed by atoms with Crippen LogP contribution in [-0.2, 0) is 11.3 Å². The van der Waals surface area contributed by atoms with E-state index < -0.39 is 0 Å². The van der Waals surface area contributed by atoms with Gasteiger partial charge in [-0.1, -0.05) is 17.7 Å². The van der Waals surface area contributed by atoms with Gasteiger partial charge < -0.3 is 14.5 Å². The molecule has 0 bridgehead atoms. The van der Waals surface area contributed by atoms with Crippen LogP contribution in [0.4, 0.5) is 0 Å². The van der Waals surface area contributed by atoms with Crippen LogP contribution in [0.3, 0.4) is 0 Å². The first-order valence-electron chi connectivity index (χ1n) is 8.46. The van der Waals surface area contributed by atoms with Gasteiger partial charge in [0.15, 0.2) is 0 Å².